The summed E-state index contributed by atoms with van der Waals surface area (Å²) in [6.45, 7) is 7.81. The molecule has 0 aromatic carbocycles. The molecule has 15 heavy (non-hydrogen) atoms. The maximum Gasteiger partial charge on any atom is 0.289 e. The van der Waals surface area contributed by atoms with Gasteiger partial charge in [-0.3, -0.25) is 9.59 Å². The number of nitrogens with one attached hydrogen (secondary N) is 2. The third-order valence-corrected chi connectivity index (χ3v) is 2.00. The highest BCUT2D eigenvalue weighted by molar-refractivity contribution is 6.38. The number of carbonyl (C=O) groups excluding carboxylic acids is 2. The van der Waals surface area contributed by atoms with Crippen molar-refractivity contribution in [3.63, 3.8) is 0 Å². The van der Waals surface area contributed by atoms with Crippen molar-refractivity contribution in [3.8, 4) is 0 Å². The molecule has 0 heterocycles. The average Bonchev–Trinajstić information content (AvgIpc) is 2.21. The molecule has 1 unspecified atom stereocenters. The number of hydrogen-bond donors (Lipinski definition) is 2. The quantitative estimate of drug-likeness (QED) is 0.477. The third-order valence-electron chi connectivity index (χ3n) is 2.00. The first-order chi connectivity index (χ1) is 7.02. The number of ketones is 1. The van der Waals surface area contributed by atoms with Crippen LogP contribution < -0.4 is 10.6 Å². The molecule has 0 saturated heterocycles. The van der Waals surface area contributed by atoms with E-state index in [2.05, 4.69) is 17.2 Å². The molecule has 0 saturated carbocycles. The molecule has 0 aromatic heterocycles. The van der Waals surface area contributed by atoms with Crippen molar-refractivity contribution in [2.75, 3.05) is 13.6 Å². The molecule has 0 bridgehead atoms. The van der Waals surface area contributed by atoms with Gasteiger partial charge in [-0.05, 0) is 19.4 Å². The first-order valence-corrected chi connectivity index (χ1v) is 5.13. The molecule has 0 aliphatic heterocycles. The second kappa shape index (κ2) is 7.17. The number of Topliss-reactive ketones (excluding diaryl/α,β-unsaturated/α-hetero) is 1. The van der Waals surface area contributed by atoms with Crippen molar-refractivity contribution in [1.29, 1.82) is 0 Å². The number of hydrogen-bond acceptors (Lipinski definition) is 3. The Bertz CT molecular complexity index is 237. The van der Waals surface area contributed by atoms with Gasteiger partial charge in [0.1, 0.15) is 0 Å². The lowest BCUT2D eigenvalue weighted by Gasteiger charge is -2.16. The predicted molar refractivity (Wildman–Crippen MR) is 60.5 cm³/mol. The summed E-state index contributed by atoms with van der Waals surface area (Å²) in [5.74, 6) is -0.582. The maximum absolute atomic E-state index is 11.6. The molecule has 0 aliphatic carbocycles. The van der Waals surface area contributed by atoms with Gasteiger partial charge in [-0.15, -0.1) is 6.58 Å². The second-order valence-electron chi connectivity index (χ2n) is 3.83. The zero-order valence-electron chi connectivity index (χ0n) is 9.67. The first-order valence-electron chi connectivity index (χ1n) is 5.13. The molecule has 0 aromatic rings. The van der Waals surface area contributed by atoms with Gasteiger partial charge in [-0.25, -0.2) is 0 Å². The van der Waals surface area contributed by atoms with Gasteiger partial charge in [0.15, 0.2) is 0 Å². The topological polar surface area (TPSA) is 58.2 Å². The van der Waals surface area contributed by atoms with Gasteiger partial charge in [0.05, 0.1) is 6.04 Å². The molecular weight excluding hydrogens is 192 g/mol. The Morgan fingerprint density at radius 3 is 2.40 bits per heavy atom. The number of carbonyl (C=O) groups is 2. The fourth-order valence-corrected chi connectivity index (χ4v) is 1.24. The van der Waals surface area contributed by atoms with E-state index in [-0.39, 0.29) is 0 Å². The summed E-state index contributed by atoms with van der Waals surface area (Å²) >= 11 is 0. The van der Waals surface area contributed by atoms with Crippen molar-refractivity contribution in [3.05, 3.63) is 12.7 Å². The van der Waals surface area contributed by atoms with Crippen LogP contribution in [0, 0.1) is 5.92 Å². The zero-order chi connectivity index (χ0) is 11.8. The summed E-state index contributed by atoms with van der Waals surface area (Å²) in [5.41, 5.74) is 0. The van der Waals surface area contributed by atoms with E-state index in [0.717, 1.165) is 0 Å². The summed E-state index contributed by atoms with van der Waals surface area (Å²) in [7, 11) is 1.69. The summed E-state index contributed by atoms with van der Waals surface area (Å²) in [6, 6.07) is -0.394. The lowest BCUT2D eigenvalue weighted by Crippen LogP contribution is -2.44. The van der Waals surface area contributed by atoms with Gasteiger partial charge < -0.3 is 10.6 Å². The van der Waals surface area contributed by atoms with Gasteiger partial charge in [0, 0.05) is 6.54 Å². The Hall–Kier alpha value is -1.16. The average molecular weight is 212 g/mol. The number of rotatable bonds is 7. The van der Waals surface area contributed by atoms with Crippen molar-refractivity contribution in [2.45, 2.75) is 26.3 Å². The predicted octanol–water partition coefficient (Wildman–Crippen LogP) is 0.492. The molecule has 0 rings (SSSR count). The van der Waals surface area contributed by atoms with Crippen LogP contribution in [0.2, 0.25) is 0 Å². The van der Waals surface area contributed by atoms with E-state index >= 15 is 0 Å². The monoisotopic (exact) mass is 212 g/mol. The van der Waals surface area contributed by atoms with Crippen LogP contribution in [0.15, 0.2) is 12.7 Å². The summed E-state index contributed by atoms with van der Waals surface area (Å²) < 4.78 is 0. The van der Waals surface area contributed by atoms with Gasteiger partial charge >= 0.3 is 0 Å². The molecule has 0 fully saturated rings. The van der Waals surface area contributed by atoms with Crippen molar-refractivity contribution < 1.29 is 9.59 Å². The molecule has 2 N–H and O–H groups in total. The van der Waals surface area contributed by atoms with Crippen molar-refractivity contribution >= 4 is 11.7 Å². The minimum absolute atomic E-state index is 0.322. The second-order valence-corrected chi connectivity index (χ2v) is 3.83. The largest absolute Gasteiger partial charge is 0.346 e. The lowest BCUT2D eigenvalue weighted by atomic mass is 10.00. The Morgan fingerprint density at radius 1 is 1.40 bits per heavy atom. The van der Waals surface area contributed by atoms with Gasteiger partial charge in [0.2, 0.25) is 5.78 Å². The Morgan fingerprint density at radius 2 is 2.00 bits per heavy atom. The zero-order valence-corrected chi connectivity index (χ0v) is 9.67. The Labute approximate surface area is 91.1 Å². The normalized spacial score (nSPS) is 12.3. The third kappa shape index (κ3) is 5.32. The van der Waals surface area contributed by atoms with Crippen LogP contribution in [0.1, 0.15) is 20.3 Å². The Kier molecular flexibility index (Phi) is 6.62. The van der Waals surface area contributed by atoms with E-state index in [4.69, 9.17) is 0 Å². The summed E-state index contributed by atoms with van der Waals surface area (Å²) in [5, 5.41) is 5.33. The highest BCUT2D eigenvalue weighted by Crippen LogP contribution is 2.05. The van der Waals surface area contributed by atoms with Crippen LogP contribution in [0.5, 0.6) is 0 Å². The first kappa shape index (κ1) is 13.8. The standard InChI is InChI=1S/C11H20N2O2/c1-5-6-13-11(15)10(14)9(12-4)7-8(2)3/h5,8-9,12H,1,6-7H2,2-4H3,(H,13,15). The lowest BCUT2D eigenvalue weighted by molar-refractivity contribution is -0.139. The molecule has 1 atom stereocenters. The fraction of sp³-hybridized carbons (Fsp3) is 0.636. The van der Waals surface area contributed by atoms with E-state index in [0.29, 0.717) is 18.9 Å². The molecule has 0 radical (unpaired) electrons. The molecule has 0 aliphatic rings. The van der Waals surface area contributed by atoms with E-state index in [1.165, 1.54) is 0 Å². The van der Waals surface area contributed by atoms with E-state index in [1.54, 1.807) is 13.1 Å². The fourth-order valence-electron chi connectivity index (χ4n) is 1.24. The van der Waals surface area contributed by atoms with Crippen molar-refractivity contribution in [2.24, 2.45) is 5.92 Å². The van der Waals surface area contributed by atoms with Gasteiger partial charge in [-0.1, -0.05) is 19.9 Å². The summed E-state index contributed by atoms with van der Waals surface area (Å²) in [4.78, 5) is 22.9. The minimum Gasteiger partial charge on any atom is -0.346 e. The molecule has 86 valence electrons. The van der Waals surface area contributed by atoms with Crippen LogP contribution >= 0.6 is 0 Å². The van der Waals surface area contributed by atoms with Gasteiger partial charge in [0.25, 0.3) is 5.91 Å². The van der Waals surface area contributed by atoms with Crippen LogP contribution in [0.4, 0.5) is 0 Å². The van der Waals surface area contributed by atoms with Crippen LogP contribution in [-0.2, 0) is 9.59 Å². The molecular formula is C11H20N2O2. The highest BCUT2D eigenvalue weighted by Gasteiger charge is 2.23. The number of likely N-dealkylation sites (N-methyl/N-ethyl adjacent to an activating group) is 1. The van der Waals surface area contributed by atoms with Crippen LogP contribution in [-0.4, -0.2) is 31.3 Å². The Balaban J connectivity index is 4.24. The number of amides is 1. The van der Waals surface area contributed by atoms with Crippen LogP contribution in [0.3, 0.4) is 0 Å². The van der Waals surface area contributed by atoms with E-state index < -0.39 is 17.7 Å². The molecule has 1 amide bonds. The smallest absolute Gasteiger partial charge is 0.289 e. The highest BCUT2D eigenvalue weighted by atomic mass is 16.2. The SMILES string of the molecule is C=CCNC(=O)C(=O)C(CC(C)C)NC. The molecule has 4 heteroatoms. The van der Waals surface area contributed by atoms with E-state index in [1.807, 2.05) is 13.8 Å². The van der Waals surface area contributed by atoms with Crippen LogP contribution in [0.25, 0.3) is 0 Å². The minimum atomic E-state index is -0.546. The van der Waals surface area contributed by atoms with Gasteiger partial charge in [-0.2, -0.15) is 0 Å². The maximum atomic E-state index is 11.6. The molecule has 0 spiro atoms. The summed E-state index contributed by atoms with van der Waals surface area (Å²) in [6.07, 6.45) is 2.21. The van der Waals surface area contributed by atoms with Crippen molar-refractivity contribution in [1.82, 2.24) is 10.6 Å². The van der Waals surface area contributed by atoms with E-state index in [9.17, 15) is 9.59 Å². The molecule has 4 nitrogen and oxygen atoms in total.